The first kappa shape index (κ1) is 11.0. The van der Waals surface area contributed by atoms with E-state index >= 15 is 0 Å². The first-order valence-corrected chi connectivity index (χ1v) is 3.57. The van der Waals surface area contributed by atoms with Crippen LogP contribution in [0.2, 0.25) is 0 Å². The number of nitrogens with two attached hydrogens (primary N) is 1. The number of aryl methyl sites for hydroxylation is 1. The maximum absolute atomic E-state index is 10.4. The van der Waals surface area contributed by atoms with Gasteiger partial charge in [0.15, 0.2) is 0 Å². The van der Waals surface area contributed by atoms with Gasteiger partial charge in [0.25, 0.3) is 0 Å². The summed E-state index contributed by atoms with van der Waals surface area (Å²) in [5.74, 6) is -0.949. The molecule has 0 spiro atoms. The number of hydrogen-bond acceptors (Lipinski definition) is 3. The molecule has 0 fully saturated rings. The normalized spacial score (nSPS) is 8.82. The summed E-state index contributed by atoms with van der Waals surface area (Å²) in [6.07, 6.45) is 0. The molecule has 0 atom stereocenters. The Morgan fingerprint density at radius 2 is 2.27 bits per heavy atom. The molecule has 1 aromatic rings. The van der Waals surface area contributed by atoms with Gasteiger partial charge < -0.3 is 10.8 Å². The zero-order valence-corrected chi connectivity index (χ0v) is 6.23. The standard InChI is InChI=1S/C6H7NO2S.Na.H/c1-3-2-10-5(4(3)7)6(8)9;;/h2H,7H2,1H3,(H,8,9);;. The van der Waals surface area contributed by atoms with Gasteiger partial charge in [0.05, 0.1) is 5.69 Å². The first-order chi connectivity index (χ1) is 4.63. The third kappa shape index (κ3) is 2.20. The summed E-state index contributed by atoms with van der Waals surface area (Å²) in [4.78, 5) is 10.6. The van der Waals surface area contributed by atoms with Crippen LogP contribution in [0.5, 0.6) is 0 Å². The molecule has 1 heterocycles. The predicted molar refractivity (Wildman–Crippen MR) is 47.6 cm³/mol. The van der Waals surface area contributed by atoms with Crippen LogP contribution in [0, 0.1) is 6.92 Å². The SMILES string of the molecule is Cc1csc(C(=O)O)c1N.[NaH]. The van der Waals surface area contributed by atoms with Crippen LogP contribution in [0.3, 0.4) is 0 Å². The monoisotopic (exact) mass is 181 g/mol. The Morgan fingerprint density at radius 1 is 1.73 bits per heavy atom. The minimum absolute atomic E-state index is 0. The van der Waals surface area contributed by atoms with Gasteiger partial charge in [-0.3, -0.25) is 0 Å². The molecule has 3 nitrogen and oxygen atoms in total. The molecule has 11 heavy (non-hydrogen) atoms. The van der Waals surface area contributed by atoms with Crippen molar-refractivity contribution in [2.24, 2.45) is 0 Å². The Labute approximate surface area is 90.5 Å². The van der Waals surface area contributed by atoms with Gasteiger partial charge in [-0.1, -0.05) is 0 Å². The van der Waals surface area contributed by atoms with E-state index < -0.39 is 5.97 Å². The van der Waals surface area contributed by atoms with Crippen LogP contribution in [-0.4, -0.2) is 40.6 Å². The van der Waals surface area contributed by atoms with Gasteiger partial charge in [0, 0.05) is 0 Å². The summed E-state index contributed by atoms with van der Waals surface area (Å²) >= 11 is 1.16. The van der Waals surface area contributed by atoms with Crippen LogP contribution in [0.15, 0.2) is 5.38 Å². The molecule has 0 unspecified atom stereocenters. The van der Waals surface area contributed by atoms with Crippen LogP contribution in [0.4, 0.5) is 5.69 Å². The van der Waals surface area contributed by atoms with Gasteiger partial charge in [-0.05, 0) is 17.9 Å². The van der Waals surface area contributed by atoms with Crippen LogP contribution in [0.25, 0.3) is 0 Å². The summed E-state index contributed by atoms with van der Waals surface area (Å²) in [5, 5.41) is 10.2. The van der Waals surface area contributed by atoms with Crippen molar-refractivity contribution in [2.45, 2.75) is 6.92 Å². The molecule has 3 N–H and O–H groups in total. The molecule has 5 heteroatoms. The van der Waals surface area contributed by atoms with Gasteiger partial charge in [-0.25, -0.2) is 4.79 Å². The fourth-order valence-corrected chi connectivity index (χ4v) is 1.43. The van der Waals surface area contributed by atoms with E-state index in [1.54, 1.807) is 12.3 Å². The Kier molecular flexibility index (Phi) is 4.10. The van der Waals surface area contributed by atoms with E-state index in [2.05, 4.69) is 0 Å². The van der Waals surface area contributed by atoms with Crippen molar-refractivity contribution in [3.63, 3.8) is 0 Å². The number of carbonyl (C=O) groups is 1. The molecule has 0 amide bonds. The number of carboxylic acids is 1. The molecule has 0 aromatic carbocycles. The van der Waals surface area contributed by atoms with Gasteiger partial charge >= 0.3 is 35.5 Å². The Bertz CT molecular complexity index is 272. The zero-order chi connectivity index (χ0) is 7.72. The Balaban J connectivity index is 0.000001000. The van der Waals surface area contributed by atoms with Crippen molar-refractivity contribution >= 4 is 52.6 Å². The van der Waals surface area contributed by atoms with Crippen molar-refractivity contribution in [3.8, 4) is 0 Å². The van der Waals surface area contributed by atoms with Crippen LogP contribution >= 0.6 is 11.3 Å². The molecular weight excluding hydrogens is 173 g/mol. The van der Waals surface area contributed by atoms with E-state index in [-0.39, 0.29) is 34.4 Å². The minimum atomic E-state index is -0.949. The molecule has 0 aliphatic rings. The van der Waals surface area contributed by atoms with E-state index in [9.17, 15) is 4.79 Å². The average Bonchev–Trinajstić information content (AvgIpc) is 2.14. The summed E-state index contributed by atoms with van der Waals surface area (Å²) in [6.45, 7) is 1.79. The first-order valence-electron chi connectivity index (χ1n) is 2.69. The third-order valence-corrected chi connectivity index (χ3v) is 2.32. The molecular formula is C6H8NNaO2S. The second-order valence-corrected chi connectivity index (χ2v) is 2.85. The van der Waals surface area contributed by atoms with Crippen LogP contribution in [-0.2, 0) is 0 Å². The fraction of sp³-hybridized carbons (Fsp3) is 0.167. The fourth-order valence-electron chi connectivity index (χ4n) is 0.619. The van der Waals surface area contributed by atoms with Crippen molar-refractivity contribution in [1.29, 1.82) is 0 Å². The molecule has 0 aliphatic heterocycles. The molecule has 0 radical (unpaired) electrons. The average molecular weight is 181 g/mol. The molecule has 56 valence electrons. The topological polar surface area (TPSA) is 63.3 Å². The number of hydrogen-bond donors (Lipinski definition) is 2. The second-order valence-electron chi connectivity index (χ2n) is 1.97. The van der Waals surface area contributed by atoms with E-state index in [1.165, 1.54) is 0 Å². The third-order valence-electron chi connectivity index (χ3n) is 1.22. The molecule has 0 saturated carbocycles. The molecule has 1 aromatic heterocycles. The maximum atomic E-state index is 10.4. The molecule has 0 saturated heterocycles. The number of anilines is 1. The van der Waals surface area contributed by atoms with Gasteiger partial charge in [0.1, 0.15) is 4.88 Å². The van der Waals surface area contributed by atoms with Gasteiger partial charge in [0.2, 0.25) is 0 Å². The van der Waals surface area contributed by atoms with E-state index in [1.807, 2.05) is 0 Å². The van der Waals surface area contributed by atoms with E-state index in [0.29, 0.717) is 5.69 Å². The number of thiophene rings is 1. The molecule has 0 bridgehead atoms. The zero-order valence-electron chi connectivity index (χ0n) is 5.42. The number of aromatic carboxylic acids is 1. The Hall–Kier alpha value is -0.0300. The molecule has 0 aliphatic carbocycles. The van der Waals surface area contributed by atoms with Crippen molar-refractivity contribution < 1.29 is 9.90 Å². The predicted octanol–water partition coefficient (Wildman–Crippen LogP) is 0.688. The van der Waals surface area contributed by atoms with E-state index in [4.69, 9.17) is 10.8 Å². The second kappa shape index (κ2) is 4.11. The summed E-state index contributed by atoms with van der Waals surface area (Å²) in [7, 11) is 0. The van der Waals surface area contributed by atoms with Crippen molar-refractivity contribution in [2.75, 3.05) is 5.73 Å². The quantitative estimate of drug-likeness (QED) is 0.626. The van der Waals surface area contributed by atoms with Crippen LogP contribution in [0.1, 0.15) is 15.2 Å². The van der Waals surface area contributed by atoms with Gasteiger partial charge in [-0.15, -0.1) is 11.3 Å². The number of rotatable bonds is 1. The number of carboxylic acid groups (broad SMARTS) is 1. The van der Waals surface area contributed by atoms with E-state index in [0.717, 1.165) is 16.9 Å². The van der Waals surface area contributed by atoms with Crippen molar-refractivity contribution in [3.05, 3.63) is 15.8 Å². The van der Waals surface area contributed by atoms with Crippen LogP contribution < -0.4 is 5.73 Å². The number of nitrogen functional groups attached to an aromatic ring is 1. The molecule has 1 rings (SSSR count). The summed E-state index contributed by atoms with van der Waals surface area (Å²) in [6, 6.07) is 0. The van der Waals surface area contributed by atoms with Crippen molar-refractivity contribution in [1.82, 2.24) is 0 Å². The summed E-state index contributed by atoms with van der Waals surface area (Å²) in [5.41, 5.74) is 6.66. The Morgan fingerprint density at radius 3 is 2.45 bits per heavy atom. The summed E-state index contributed by atoms with van der Waals surface area (Å²) < 4.78 is 0. The van der Waals surface area contributed by atoms with Gasteiger partial charge in [-0.2, -0.15) is 0 Å².